The van der Waals surface area contributed by atoms with Crippen molar-refractivity contribution in [2.45, 2.75) is 44.3 Å². The van der Waals surface area contributed by atoms with Crippen molar-refractivity contribution in [3.63, 3.8) is 0 Å². The summed E-state index contributed by atoms with van der Waals surface area (Å²) in [5.41, 5.74) is 3.27. The molecule has 8 heteroatoms. The zero-order valence-corrected chi connectivity index (χ0v) is 18.6. The summed E-state index contributed by atoms with van der Waals surface area (Å²) >= 11 is 0. The molecule has 0 spiro atoms. The van der Waals surface area contributed by atoms with E-state index in [1.807, 2.05) is 29.8 Å². The van der Waals surface area contributed by atoms with Gasteiger partial charge in [-0.2, -0.15) is 0 Å². The second kappa shape index (κ2) is 9.91. The van der Waals surface area contributed by atoms with Gasteiger partial charge in [-0.05, 0) is 37.9 Å². The van der Waals surface area contributed by atoms with E-state index in [0.29, 0.717) is 24.0 Å². The highest BCUT2D eigenvalue weighted by atomic mass is 16.2. The molecule has 1 fully saturated rings. The molecule has 1 saturated heterocycles. The van der Waals surface area contributed by atoms with Crippen LogP contribution < -0.4 is 10.6 Å². The minimum absolute atomic E-state index is 0.0501. The molecule has 0 aliphatic carbocycles. The highest BCUT2D eigenvalue weighted by molar-refractivity contribution is 5.96. The highest BCUT2D eigenvalue weighted by Crippen LogP contribution is 2.24. The van der Waals surface area contributed by atoms with E-state index >= 15 is 0 Å². The number of hydrogen-bond donors (Lipinski definition) is 2. The summed E-state index contributed by atoms with van der Waals surface area (Å²) in [6.45, 7) is 1.33. The number of imidazole rings is 1. The van der Waals surface area contributed by atoms with Crippen LogP contribution in [0.5, 0.6) is 0 Å². The Balaban J connectivity index is 1.33. The lowest BCUT2D eigenvalue weighted by atomic mass is 10.1. The van der Waals surface area contributed by atoms with E-state index in [2.05, 4.69) is 37.6 Å². The van der Waals surface area contributed by atoms with Crippen molar-refractivity contribution in [3.8, 4) is 0 Å². The molecule has 1 aliphatic rings. The van der Waals surface area contributed by atoms with Gasteiger partial charge in [0.25, 0.3) is 5.91 Å². The van der Waals surface area contributed by atoms with E-state index in [-0.39, 0.29) is 23.9 Å². The molecule has 3 aromatic rings. The number of benzene rings is 1. The number of likely N-dealkylation sites (tertiary alicyclic amines) is 1. The number of nitrogens with zero attached hydrogens (tertiary/aromatic N) is 4. The number of aromatic nitrogens is 3. The fourth-order valence-electron chi connectivity index (χ4n) is 4.34. The van der Waals surface area contributed by atoms with Gasteiger partial charge in [-0.3, -0.25) is 14.5 Å². The Morgan fingerprint density at radius 2 is 1.91 bits per heavy atom. The predicted octanol–water partition coefficient (Wildman–Crippen LogP) is 2.00. The first kappa shape index (κ1) is 22.0. The van der Waals surface area contributed by atoms with Crippen molar-refractivity contribution in [1.29, 1.82) is 0 Å². The van der Waals surface area contributed by atoms with Gasteiger partial charge in [0.05, 0.1) is 11.9 Å². The molecule has 168 valence electrons. The van der Waals surface area contributed by atoms with E-state index in [1.165, 1.54) is 5.56 Å². The third-order valence-electron chi connectivity index (χ3n) is 6.39. The second-order valence-electron chi connectivity index (χ2n) is 8.38. The number of carbonyl (C=O) groups is 2. The fraction of sp³-hybridized carbons (Fsp3) is 0.417. The standard InChI is InChI=1S/C24H30N6O2/c1-25-22(31)13-19-8-9-20(29(19)2)15-27-24(32)18-12-21-23(26-14-18)30(16-28-21)11-10-17-6-4-3-5-7-17/h3-7,12,14,16,19-20H,8-11,13,15H2,1-2H3,(H,25,31)(H,27,32)/t19-,20+/m1/s1. The van der Waals surface area contributed by atoms with Crippen molar-refractivity contribution in [2.24, 2.45) is 0 Å². The topological polar surface area (TPSA) is 92.1 Å². The average Bonchev–Trinajstić information content (AvgIpc) is 3.39. The quantitative estimate of drug-likeness (QED) is 0.566. The van der Waals surface area contributed by atoms with E-state index in [1.54, 1.807) is 25.6 Å². The molecule has 1 aromatic carbocycles. The Kier molecular flexibility index (Phi) is 6.80. The molecule has 0 bridgehead atoms. The maximum Gasteiger partial charge on any atom is 0.252 e. The number of amides is 2. The SMILES string of the molecule is CNC(=O)C[C@H]1CC[C@@H](CNC(=O)c2cnc3c(c2)ncn3CCc2ccccc2)N1C. The monoisotopic (exact) mass is 434 g/mol. The van der Waals surface area contributed by atoms with Crippen LogP contribution in [-0.4, -0.2) is 64.0 Å². The van der Waals surface area contributed by atoms with Crippen molar-refractivity contribution in [2.75, 3.05) is 20.6 Å². The normalized spacial score (nSPS) is 18.7. The summed E-state index contributed by atoms with van der Waals surface area (Å²) in [6, 6.07) is 12.5. The third kappa shape index (κ3) is 4.96. The molecule has 2 amide bonds. The van der Waals surface area contributed by atoms with Gasteiger partial charge in [0.1, 0.15) is 5.52 Å². The highest BCUT2D eigenvalue weighted by Gasteiger charge is 2.31. The van der Waals surface area contributed by atoms with E-state index in [0.717, 1.165) is 31.5 Å². The van der Waals surface area contributed by atoms with Crippen LogP contribution in [0.2, 0.25) is 0 Å². The van der Waals surface area contributed by atoms with Crippen molar-refractivity contribution >= 4 is 23.0 Å². The summed E-state index contributed by atoms with van der Waals surface area (Å²) < 4.78 is 2.02. The van der Waals surface area contributed by atoms with Gasteiger partial charge in [-0.1, -0.05) is 30.3 Å². The molecule has 1 aliphatic heterocycles. The minimum atomic E-state index is -0.151. The Morgan fingerprint density at radius 1 is 1.12 bits per heavy atom. The average molecular weight is 435 g/mol. The van der Waals surface area contributed by atoms with E-state index < -0.39 is 0 Å². The summed E-state index contributed by atoms with van der Waals surface area (Å²) in [5.74, 6) is -0.101. The molecule has 2 aromatic heterocycles. The first-order valence-electron chi connectivity index (χ1n) is 11.1. The Labute approximate surface area is 188 Å². The molecule has 0 radical (unpaired) electrons. The Bertz CT molecular complexity index is 1080. The summed E-state index contributed by atoms with van der Waals surface area (Å²) in [4.78, 5) is 35.5. The molecule has 32 heavy (non-hydrogen) atoms. The number of pyridine rings is 1. The van der Waals surface area contributed by atoms with E-state index in [4.69, 9.17) is 0 Å². The van der Waals surface area contributed by atoms with Crippen molar-refractivity contribution < 1.29 is 9.59 Å². The third-order valence-corrected chi connectivity index (χ3v) is 6.39. The molecule has 2 N–H and O–H groups in total. The van der Waals surface area contributed by atoms with Gasteiger partial charge >= 0.3 is 0 Å². The number of rotatable bonds is 8. The summed E-state index contributed by atoms with van der Waals surface area (Å²) in [6.07, 6.45) is 6.70. The maximum atomic E-state index is 12.7. The smallest absolute Gasteiger partial charge is 0.252 e. The minimum Gasteiger partial charge on any atom is -0.359 e. The maximum absolute atomic E-state index is 12.7. The largest absolute Gasteiger partial charge is 0.359 e. The number of fused-ring (bicyclic) bond motifs is 1. The molecule has 8 nitrogen and oxygen atoms in total. The predicted molar refractivity (Wildman–Crippen MR) is 123 cm³/mol. The molecule has 4 rings (SSSR count). The van der Waals surface area contributed by atoms with Crippen LogP contribution in [0.1, 0.15) is 35.2 Å². The molecular formula is C24H30N6O2. The second-order valence-corrected chi connectivity index (χ2v) is 8.38. The molecule has 0 unspecified atom stereocenters. The first-order chi connectivity index (χ1) is 15.5. The van der Waals surface area contributed by atoms with Gasteiger partial charge in [0.15, 0.2) is 5.65 Å². The number of nitrogens with one attached hydrogen (secondary N) is 2. The zero-order chi connectivity index (χ0) is 22.5. The van der Waals surface area contributed by atoms with Gasteiger partial charge in [0.2, 0.25) is 5.91 Å². The van der Waals surface area contributed by atoms with Crippen molar-refractivity contribution in [1.82, 2.24) is 30.1 Å². The number of carbonyl (C=O) groups excluding carboxylic acids is 2. The number of likely N-dealkylation sites (N-methyl/N-ethyl adjacent to an activating group) is 1. The van der Waals surface area contributed by atoms with Crippen LogP contribution in [0, 0.1) is 0 Å². The Hall–Kier alpha value is -3.26. The fourth-order valence-corrected chi connectivity index (χ4v) is 4.34. The van der Waals surface area contributed by atoms with Crippen LogP contribution in [0.25, 0.3) is 11.2 Å². The molecular weight excluding hydrogens is 404 g/mol. The van der Waals surface area contributed by atoms with Crippen LogP contribution >= 0.6 is 0 Å². The lowest BCUT2D eigenvalue weighted by molar-refractivity contribution is -0.121. The van der Waals surface area contributed by atoms with Crippen LogP contribution in [0.4, 0.5) is 0 Å². The first-order valence-corrected chi connectivity index (χ1v) is 11.1. The van der Waals surface area contributed by atoms with Gasteiger partial charge < -0.3 is 15.2 Å². The van der Waals surface area contributed by atoms with Crippen LogP contribution in [-0.2, 0) is 17.8 Å². The lowest BCUT2D eigenvalue weighted by Gasteiger charge is -2.25. The van der Waals surface area contributed by atoms with Gasteiger partial charge in [0, 0.05) is 44.8 Å². The number of aryl methyl sites for hydroxylation is 2. The van der Waals surface area contributed by atoms with Gasteiger partial charge in [-0.15, -0.1) is 0 Å². The summed E-state index contributed by atoms with van der Waals surface area (Å²) in [5, 5.41) is 5.70. The lowest BCUT2D eigenvalue weighted by Crippen LogP contribution is -2.42. The number of hydrogen-bond acceptors (Lipinski definition) is 5. The van der Waals surface area contributed by atoms with Gasteiger partial charge in [-0.25, -0.2) is 9.97 Å². The zero-order valence-electron chi connectivity index (χ0n) is 18.6. The molecule has 2 atom stereocenters. The molecule has 3 heterocycles. The van der Waals surface area contributed by atoms with Crippen molar-refractivity contribution in [3.05, 3.63) is 60.0 Å². The van der Waals surface area contributed by atoms with Crippen LogP contribution in [0.3, 0.4) is 0 Å². The Morgan fingerprint density at radius 3 is 2.69 bits per heavy atom. The van der Waals surface area contributed by atoms with E-state index in [9.17, 15) is 9.59 Å². The molecule has 0 saturated carbocycles. The van der Waals surface area contributed by atoms with Crippen LogP contribution in [0.15, 0.2) is 48.9 Å². The summed E-state index contributed by atoms with van der Waals surface area (Å²) in [7, 11) is 3.68.